The maximum atomic E-state index is 11.0. The molecule has 1 saturated carbocycles. The van der Waals surface area contributed by atoms with Crippen LogP contribution >= 0.6 is 11.8 Å². The zero-order chi connectivity index (χ0) is 11.6. The Morgan fingerprint density at radius 1 is 1.44 bits per heavy atom. The molecule has 0 aromatic heterocycles. The van der Waals surface area contributed by atoms with E-state index in [0.717, 1.165) is 23.5 Å². The van der Waals surface area contributed by atoms with Crippen LogP contribution in [0.4, 0.5) is 0 Å². The molecule has 0 aliphatic heterocycles. The van der Waals surface area contributed by atoms with Crippen LogP contribution in [0.3, 0.4) is 0 Å². The van der Waals surface area contributed by atoms with E-state index in [-0.39, 0.29) is 0 Å². The molecule has 0 bridgehead atoms. The van der Waals surface area contributed by atoms with Gasteiger partial charge in [-0.1, -0.05) is 0 Å². The van der Waals surface area contributed by atoms with E-state index >= 15 is 0 Å². The number of carbonyl (C=O) groups is 1. The van der Waals surface area contributed by atoms with E-state index in [1.165, 1.54) is 11.8 Å². The van der Waals surface area contributed by atoms with Crippen molar-refractivity contribution in [2.45, 2.75) is 29.4 Å². The second-order valence-corrected chi connectivity index (χ2v) is 5.26. The van der Waals surface area contributed by atoms with Crippen LogP contribution in [0.15, 0.2) is 29.2 Å². The minimum atomic E-state index is -0.702. The third-order valence-corrected chi connectivity index (χ3v) is 4.02. The number of carboxylic acids is 1. The highest BCUT2D eigenvalue weighted by Gasteiger charge is 2.51. The molecule has 4 heteroatoms. The molecule has 2 rings (SSSR count). The van der Waals surface area contributed by atoms with Gasteiger partial charge in [0.15, 0.2) is 0 Å². The molecule has 0 saturated heterocycles. The molecule has 0 heterocycles. The van der Waals surface area contributed by atoms with Gasteiger partial charge in [-0.3, -0.25) is 4.79 Å². The Morgan fingerprint density at radius 2 is 2.06 bits per heavy atom. The van der Waals surface area contributed by atoms with Crippen molar-refractivity contribution in [3.05, 3.63) is 24.3 Å². The summed E-state index contributed by atoms with van der Waals surface area (Å²) in [6.45, 7) is 2.58. The van der Waals surface area contributed by atoms with Gasteiger partial charge in [-0.25, -0.2) is 0 Å². The number of benzene rings is 1. The van der Waals surface area contributed by atoms with E-state index in [0.29, 0.717) is 6.61 Å². The minimum Gasteiger partial charge on any atom is -0.494 e. The van der Waals surface area contributed by atoms with E-state index in [2.05, 4.69) is 0 Å². The van der Waals surface area contributed by atoms with Crippen molar-refractivity contribution in [3.8, 4) is 5.75 Å². The lowest BCUT2D eigenvalue weighted by molar-refractivity contribution is -0.137. The summed E-state index contributed by atoms with van der Waals surface area (Å²) in [6.07, 6.45) is 1.53. The van der Waals surface area contributed by atoms with Gasteiger partial charge in [0.05, 0.1) is 6.61 Å². The molecular formula is C12H14O3S. The zero-order valence-electron chi connectivity index (χ0n) is 9.10. The molecule has 0 unspecified atom stereocenters. The third kappa shape index (κ3) is 2.32. The number of hydrogen-bond donors (Lipinski definition) is 1. The molecule has 86 valence electrons. The third-order valence-electron chi connectivity index (χ3n) is 2.54. The molecular weight excluding hydrogens is 224 g/mol. The van der Waals surface area contributed by atoms with Crippen molar-refractivity contribution < 1.29 is 14.6 Å². The molecule has 1 aliphatic rings. The van der Waals surface area contributed by atoms with Crippen LogP contribution < -0.4 is 4.74 Å². The average Bonchev–Trinajstić information content (AvgIpc) is 3.03. The summed E-state index contributed by atoms with van der Waals surface area (Å²) >= 11 is 1.44. The fourth-order valence-corrected chi connectivity index (χ4v) is 2.59. The monoisotopic (exact) mass is 238 g/mol. The Kier molecular flexibility index (Phi) is 3.10. The zero-order valence-corrected chi connectivity index (χ0v) is 9.92. The number of carboxylic acid groups (broad SMARTS) is 1. The first-order valence-electron chi connectivity index (χ1n) is 5.31. The van der Waals surface area contributed by atoms with Gasteiger partial charge in [-0.05, 0) is 44.0 Å². The molecule has 0 radical (unpaired) electrons. The number of aliphatic carboxylic acids is 1. The summed E-state index contributed by atoms with van der Waals surface area (Å²) in [6, 6.07) is 7.59. The summed E-state index contributed by atoms with van der Waals surface area (Å²) in [5.74, 6) is 0.124. The molecule has 0 spiro atoms. The average molecular weight is 238 g/mol. The van der Waals surface area contributed by atoms with Gasteiger partial charge in [0.2, 0.25) is 0 Å². The first kappa shape index (κ1) is 11.3. The minimum absolute atomic E-state index is 0.562. The SMILES string of the molecule is CCOc1ccc(SC2(C(=O)O)CC2)cc1. The van der Waals surface area contributed by atoms with Crippen molar-refractivity contribution in [3.63, 3.8) is 0 Å². The van der Waals surface area contributed by atoms with Gasteiger partial charge in [-0.2, -0.15) is 0 Å². The summed E-state index contributed by atoms with van der Waals surface area (Å²) in [5.41, 5.74) is 0. The number of rotatable bonds is 5. The van der Waals surface area contributed by atoms with Crippen molar-refractivity contribution in [2.24, 2.45) is 0 Å². The normalized spacial score (nSPS) is 16.8. The Balaban J connectivity index is 2.03. The lowest BCUT2D eigenvalue weighted by Gasteiger charge is -2.09. The van der Waals surface area contributed by atoms with Crippen LogP contribution in [0.25, 0.3) is 0 Å². The van der Waals surface area contributed by atoms with E-state index in [1.807, 2.05) is 31.2 Å². The fraction of sp³-hybridized carbons (Fsp3) is 0.417. The number of thioether (sulfide) groups is 1. The number of ether oxygens (including phenoxy) is 1. The van der Waals surface area contributed by atoms with Gasteiger partial charge in [-0.15, -0.1) is 11.8 Å². The summed E-state index contributed by atoms with van der Waals surface area (Å²) in [7, 11) is 0. The predicted octanol–water partition coefficient (Wildman–Crippen LogP) is 2.79. The van der Waals surface area contributed by atoms with Gasteiger partial charge < -0.3 is 9.84 Å². The van der Waals surface area contributed by atoms with Crippen LogP contribution in [-0.4, -0.2) is 22.4 Å². The Morgan fingerprint density at radius 3 is 2.50 bits per heavy atom. The van der Waals surface area contributed by atoms with Crippen LogP contribution in [0.5, 0.6) is 5.75 Å². The first-order chi connectivity index (χ1) is 7.66. The topological polar surface area (TPSA) is 46.5 Å². The highest BCUT2D eigenvalue weighted by atomic mass is 32.2. The molecule has 1 aliphatic carbocycles. The Labute approximate surface area is 98.8 Å². The molecule has 1 aromatic rings. The predicted molar refractivity (Wildman–Crippen MR) is 63.1 cm³/mol. The molecule has 1 aromatic carbocycles. The second-order valence-electron chi connectivity index (χ2n) is 3.81. The maximum absolute atomic E-state index is 11.0. The highest BCUT2D eigenvalue weighted by Crippen LogP contribution is 2.51. The fourth-order valence-electron chi connectivity index (χ4n) is 1.47. The summed E-state index contributed by atoms with van der Waals surface area (Å²) in [4.78, 5) is 12.0. The molecule has 1 N–H and O–H groups in total. The van der Waals surface area contributed by atoms with E-state index in [4.69, 9.17) is 9.84 Å². The Bertz CT molecular complexity index is 382. The van der Waals surface area contributed by atoms with Crippen molar-refractivity contribution in [1.29, 1.82) is 0 Å². The first-order valence-corrected chi connectivity index (χ1v) is 6.13. The van der Waals surface area contributed by atoms with Crippen molar-refractivity contribution >= 4 is 17.7 Å². The second kappa shape index (κ2) is 4.37. The largest absolute Gasteiger partial charge is 0.494 e. The van der Waals surface area contributed by atoms with Gasteiger partial charge in [0.25, 0.3) is 0 Å². The lowest BCUT2D eigenvalue weighted by atomic mass is 10.3. The lowest BCUT2D eigenvalue weighted by Crippen LogP contribution is -2.16. The van der Waals surface area contributed by atoms with Crippen molar-refractivity contribution in [2.75, 3.05) is 6.61 Å². The van der Waals surface area contributed by atoms with Gasteiger partial charge in [0.1, 0.15) is 10.5 Å². The van der Waals surface area contributed by atoms with Crippen molar-refractivity contribution in [1.82, 2.24) is 0 Å². The van der Waals surface area contributed by atoms with Gasteiger partial charge >= 0.3 is 5.97 Å². The summed E-state index contributed by atoms with van der Waals surface area (Å²) in [5, 5.41) is 9.06. The van der Waals surface area contributed by atoms with E-state index < -0.39 is 10.7 Å². The molecule has 0 atom stereocenters. The number of hydrogen-bond acceptors (Lipinski definition) is 3. The van der Waals surface area contributed by atoms with Gasteiger partial charge in [0, 0.05) is 4.90 Å². The van der Waals surface area contributed by atoms with Crippen LogP contribution in [0, 0.1) is 0 Å². The molecule has 1 fully saturated rings. The molecule has 16 heavy (non-hydrogen) atoms. The highest BCUT2D eigenvalue weighted by molar-refractivity contribution is 8.01. The van der Waals surface area contributed by atoms with E-state index in [1.54, 1.807) is 0 Å². The smallest absolute Gasteiger partial charge is 0.320 e. The summed E-state index contributed by atoms with van der Waals surface area (Å²) < 4.78 is 4.77. The van der Waals surface area contributed by atoms with Crippen LogP contribution in [0.1, 0.15) is 19.8 Å². The van der Waals surface area contributed by atoms with E-state index in [9.17, 15) is 4.79 Å². The van der Waals surface area contributed by atoms with Crippen LogP contribution in [-0.2, 0) is 4.79 Å². The molecule has 0 amide bonds. The standard InChI is InChI=1S/C12H14O3S/c1-2-15-9-3-5-10(6-4-9)16-12(7-8-12)11(13)14/h3-6H,2,7-8H2,1H3,(H,13,14). The van der Waals surface area contributed by atoms with Crippen LogP contribution in [0.2, 0.25) is 0 Å². The quantitative estimate of drug-likeness (QED) is 0.856. The Hall–Kier alpha value is -1.16. The maximum Gasteiger partial charge on any atom is 0.320 e. The molecule has 3 nitrogen and oxygen atoms in total.